The lowest BCUT2D eigenvalue weighted by atomic mass is 9.74. The Morgan fingerprint density at radius 3 is 2.81 bits per heavy atom. The van der Waals surface area contributed by atoms with Crippen molar-refractivity contribution >= 4 is 23.5 Å². The fourth-order valence-electron chi connectivity index (χ4n) is 3.65. The first kappa shape index (κ1) is 19.6. The summed E-state index contributed by atoms with van der Waals surface area (Å²) in [6.07, 6.45) is 4.77. The van der Waals surface area contributed by atoms with Gasteiger partial charge in [0, 0.05) is 23.4 Å². The second-order valence-corrected chi connectivity index (χ2v) is 7.13. The first-order valence-corrected chi connectivity index (χ1v) is 9.58. The van der Waals surface area contributed by atoms with Gasteiger partial charge < -0.3 is 10.1 Å². The molecule has 1 unspecified atom stereocenters. The molecule has 8 heteroatoms. The Labute approximate surface area is 160 Å². The summed E-state index contributed by atoms with van der Waals surface area (Å²) < 4.78 is 32.8. The summed E-state index contributed by atoms with van der Waals surface area (Å²) >= 11 is 0.995. The first-order chi connectivity index (χ1) is 13.0. The molecule has 2 aromatic rings. The third-order valence-corrected chi connectivity index (χ3v) is 5.37. The van der Waals surface area contributed by atoms with Gasteiger partial charge in [-0.15, -0.1) is 0 Å². The summed E-state index contributed by atoms with van der Waals surface area (Å²) in [5.41, 5.74) is 1.13. The van der Waals surface area contributed by atoms with Crippen molar-refractivity contribution in [2.24, 2.45) is 11.1 Å². The number of amides is 1. The molecule has 1 amide bonds. The van der Waals surface area contributed by atoms with Crippen LogP contribution in [0.2, 0.25) is 0 Å². The van der Waals surface area contributed by atoms with Crippen molar-refractivity contribution < 1.29 is 18.3 Å². The molecule has 3 N–H and O–H groups in total. The zero-order chi connectivity index (χ0) is 19.4. The average Bonchev–Trinajstić information content (AvgIpc) is 2.70. The fraction of sp³-hybridized carbons (Fsp3) is 0.368. The van der Waals surface area contributed by atoms with Gasteiger partial charge in [0.1, 0.15) is 5.03 Å². The summed E-state index contributed by atoms with van der Waals surface area (Å²) in [6.45, 7) is 0. The van der Waals surface area contributed by atoms with Crippen molar-refractivity contribution in [1.82, 2.24) is 4.98 Å². The van der Waals surface area contributed by atoms with Crippen molar-refractivity contribution in [3.63, 3.8) is 0 Å². The van der Waals surface area contributed by atoms with E-state index in [1.54, 1.807) is 18.3 Å². The second kappa shape index (κ2) is 8.67. The van der Waals surface area contributed by atoms with E-state index in [0.29, 0.717) is 29.1 Å². The number of nitrogens with one attached hydrogen (secondary N) is 1. The number of pyridine rings is 1. The van der Waals surface area contributed by atoms with Crippen LogP contribution in [0.15, 0.2) is 35.5 Å². The highest BCUT2D eigenvalue weighted by molar-refractivity contribution is 7.97. The van der Waals surface area contributed by atoms with E-state index in [2.05, 4.69) is 10.3 Å². The molecule has 1 heterocycles. The summed E-state index contributed by atoms with van der Waals surface area (Å²) in [5.74, 6) is -2.86. The molecule has 2 atom stereocenters. The van der Waals surface area contributed by atoms with Crippen LogP contribution in [0.25, 0.3) is 0 Å². The number of rotatable bonds is 5. The molecule has 1 aromatic carbocycles. The third kappa shape index (κ3) is 4.22. The van der Waals surface area contributed by atoms with Gasteiger partial charge in [-0.1, -0.05) is 18.9 Å². The number of halogens is 2. The van der Waals surface area contributed by atoms with Gasteiger partial charge in [-0.25, -0.2) is 9.37 Å². The van der Waals surface area contributed by atoms with Gasteiger partial charge >= 0.3 is 0 Å². The Bertz CT molecular complexity index is 835. The summed E-state index contributed by atoms with van der Waals surface area (Å²) in [7, 11) is 1.31. The number of hydrogen-bond acceptors (Lipinski definition) is 5. The van der Waals surface area contributed by atoms with E-state index in [-0.39, 0.29) is 23.5 Å². The van der Waals surface area contributed by atoms with Gasteiger partial charge in [0.2, 0.25) is 11.7 Å². The molecule has 1 aromatic heterocycles. The van der Waals surface area contributed by atoms with Gasteiger partial charge in [-0.05, 0) is 48.9 Å². The van der Waals surface area contributed by atoms with Crippen molar-refractivity contribution in [3.8, 4) is 5.75 Å². The molecule has 0 spiro atoms. The molecule has 0 radical (unpaired) electrons. The molecule has 5 nitrogen and oxygen atoms in total. The van der Waals surface area contributed by atoms with Crippen molar-refractivity contribution in [2.45, 2.75) is 36.6 Å². The van der Waals surface area contributed by atoms with Gasteiger partial charge in [-0.2, -0.15) is 4.39 Å². The van der Waals surface area contributed by atoms with Crippen molar-refractivity contribution in [1.29, 1.82) is 0 Å². The number of nitrogens with two attached hydrogens (primary N) is 1. The van der Waals surface area contributed by atoms with Crippen LogP contribution in [-0.4, -0.2) is 18.0 Å². The van der Waals surface area contributed by atoms with Gasteiger partial charge in [0.15, 0.2) is 11.6 Å². The number of anilines is 1. The molecule has 3 rings (SSSR count). The second-order valence-electron chi connectivity index (χ2n) is 6.47. The molecular formula is C19H21F2N3O2S. The van der Waals surface area contributed by atoms with Crippen LogP contribution < -0.4 is 15.2 Å². The zero-order valence-electron chi connectivity index (χ0n) is 14.9. The van der Waals surface area contributed by atoms with E-state index >= 15 is 0 Å². The number of carbonyl (C=O) groups is 1. The van der Waals surface area contributed by atoms with Crippen LogP contribution in [0, 0.1) is 17.6 Å². The lowest BCUT2D eigenvalue weighted by molar-refractivity contribution is -0.121. The quantitative estimate of drug-likeness (QED) is 0.743. The molecule has 27 heavy (non-hydrogen) atoms. The highest BCUT2D eigenvalue weighted by Gasteiger charge is 2.35. The van der Waals surface area contributed by atoms with E-state index in [9.17, 15) is 13.6 Å². The first-order valence-electron chi connectivity index (χ1n) is 8.70. The van der Waals surface area contributed by atoms with Crippen LogP contribution in [0.5, 0.6) is 5.75 Å². The normalized spacial score (nSPS) is 19.6. The minimum atomic E-state index is -1.02. The molecule has 0 bridgehead atoms. The minimum absolute atomic E-state index is 0.120. The van der Waals surface area contributed by atoms with Gasteiger partial charge in [-0.3, -0.25) is 9.93 Å². The fourth-order valence-corrected chi connectivity index (χ4v) is 3.97. The molecule has 0 saturated heterocycles. The summed E-state index contributed by atoms with van der Waals surface area (Å²) in [6, 6.07) is 5.99. The molecule has 144 valence electrons. The largest absolute Gasteiger partial charge is 0.493 e. The predicted octanol–water partition coefficient (Wildman–Crippen LogP) is 4.25. The summed E-state index contributed by atoms with van der Waals surface area (Å²) in [4.78, 5) is 17.0. The van der Waals surface area contributed by atoms with Gasteiger partial charge in [0.25, 0.3) is 0 Å². The zero-order valence-corrected chi connectivity index (χ0v) is 15.7. The third-order valence-electron chi connectivity index (χ3n) is 4.91. The SMILES string of the molecule is COc1c([C@@H]2CCCCC2C(=O)Nc2ccnc(SN)c2)ccc(F)c1F. The maximum Gasteiger partial charge on any atom is 0.228 e. The van der Waals surface area contributed by atoms with Crippen LogP contribution in [-0.2, 0) is 4.79 Å². The standard InChI is InChI=1S/C19H21F2N3O2S/c1-26-18-13(6-7-15(20)17(18)21)12-4-2-3-5-14(12)19(25)24-11-8-9-23-16(10-11)27-22/h6-10,12,14H,2-5,22H2,1H3,(H,23,24,25)/t12-,14?/m0/s1. The summed E-state index contributed by atoms with van der Waals surface area (Å²) in [5, 5.41) is 9.00. The molecule has 0 aliphatic heterocycles. The molecule has 1 fully saturated rings. The highest BCUT2D eigenvalue weighted by Crippen LogP contribution is 2.43. The number of ether oxygens (including phenoxy) is 1. The van der Waals surface area contributed by atoms with Crippen molar-refractivity contribution in [2.75, 3.05) is 12.4 Å². The van der Waals surface area contributed by atoms with Crippen molar-refractivity contribution in [3.05, 3.63) is 47.7 Å². The number of benzene rings is 1. The highest BCUT2D eigenvalue weighted by atomic mass is 32.2. The topological polar surface area (TPSA) is 77.2 Å². The molecule has 1 saturated carbocycles. The number of hydrogen-bond donors (Lipinski definition) is 2. The van der Waals surface area contributed by atoms with Crippen LogP contribution >= 0.6 is 11.9 Å². The van der Waals surface area contributed by atoms with Crippen LogP contribution in [0.1, 0.15) is 37.2 Å². The lowest BCUT2D eigenvalue weighted by Crippen LogP contribution is -2.31. The Morgan fingerprint density at radius 2 is 2.07 bits per heavy atom. The number of aromatic nitrogens is 1. The van der Waals surface area contributed by atoms with Crippen LogP contribution in [0.3, 0.4) is 0 Å². The number of nitrogens with zero attached hydrogens (tertiary/aromatic N) is 1. The Kier molecular flexibility index (Phi) is 6.28. The minimum Gasteiger partial charge on any atom is -0.493 e. The Hall–Kier alpha value is -2.19. The van der Waals surface area contributed by atoms with Crippen LogP contribution in [0.4, 0.5) is 14.5 Å². The maximum absolute atomic E-state index is 14.2. The Balaban J connectivity index is 1.87. The van der Waals surface area contributed by atoms with E-state index in [0.717, 1.165) is 30.9 Å². The van der Waals surface area contributed by atoms with E-state index in [1.165, 1.54) is 13.2 Å². The smallest absolute Gasteiger partial charge is 0.228 e. The van der Waals surface area contributed by atoms with E-state index in [1.807, 2.05) is 0 Å². The van der Waals surface area contributed by atoms with E-state index in [4.69, 9.17) is 9.88 Å². The lowest BCUT2D eigenvalue weighted by Gasteiger charge is -2.32. The molecule has 1 aliphatic rings. The average molecular weight is 393 g/mol. The Morgan fingerprint density at radius 1 is 1.30 bits per heavy atom. The number of carbonyl (C=O) groups excluding carboxylic acids is 1. The van der Waals surface area contributed by atoms with E-state index < -0.39 is 11.6 Å². The molecule has 1 aliphatic carbocycles. The molecular weight excluding hydrogens is 372 g/mol. The number of methoxy groups -OCH3 is 1. The monoisotopic (exact) mass is 393 g/mol. The predicted molar refractivity (Wildman–Crippen MR) is 101 cm³/mol. The van der Waals surface area contributed by atoms with Gasteiger partial charge in [0.05, 0.1) is 7.11 Å². The maximum atomic E-state index is 14.2.